The maximum atomic E-state index is 12.8. The Labute approximate surface area is 237 Å². The van der Waals surface area contributed by atoms with Gasteiger partial charge >= 0.3 is 29.8 Å². The molecule has 224 valence electrons. The van der Waals surface area contributed by atoms with Crippen LogP contribution < -0.4 is 9.47 Å². The molecular formula is C26H26N2O14. The Morgan fingerprint density at radius 1 is 0.595 bits per heavy atom. The van der Waals surface area contributed by atoms with Crippen molar-refractivity contribution in [3.8, 4) is 11.5 Å². The number of rotatable bonds is 17. The van der Waals surface area contributed by atoms with E-state index in [4.69, 9.17) is 34.6 Å². The van der Waals surface area contributed by atoms with Crippen molar-refractivity contribution >= 4 is 41.7 Å². The minimum Gasteiger partial charge on any atom is -0.484 e. The number of ether oxygens (including phenoxy) is 3. The number of hydrogen-bond donors (Lipinski definition) is 4. The van der Waals surface area contributed by atoms with Crippen molar-refractivity contribution in [3.05, 3.63) is 59.7 Å². The molecular weight excluding hydrogens is 564 g/mol. The predicted octanol–water partition coefficient (Wildman–Crippen LogP) is -0.203. The van der Waals surface area contributed by atoms with Gasteiger partial charge in [0.15, 0.2) is 13.2 Å². The van der Waals surface area contributed by atoms with Gasteiger partial charge in [0.25, 0.3) is 11.8 Å². The number of benzene rings is 2. The topological polar surface area (TPSA) is 235 Å². The second-order valence-electron chi connectivity index (χ2n) is 8.41. The summed E-state index contributed by atoms with van der Waals surface area (Å²) in [4.78, 5) is 82.6. The fourth-order valence-electron chi connectivity index (χ4n) is 3.25. The summed E-state index contributed by atoms with van der Waals surface area (Å²) in [7, 11) is 0. The molecule has 0 aromatic heterocycles. The summed E-state index contributed by atoms with van der Waals surface area (Å²) < 4.78 is 16.0. The van der Waals surface area contributed by atoms with Crippen LogP contribution >= 0.6 is 0 Å². The van der Waals surface area contributed by atoms with Gasteiger partial charge in [-0.25, -0.2) is 4.79 Å². The van der Waals surface area contributed by atoms with Crippen molar-refractivity contribution in [2.75, 3.05) is 39.4 Å². The monoisotopic (exact) mass is 590 g/mol. The van der Waals surface area contributed by atoms with E-state index in [1.165, 1.54) is 0 Å². The van der Waals surface area contributed by atoms with E-state index in [1.54, 1.807) is 30.3 Å². The summed E-state index contributed by atoms with van der Waals surface area (Å²) >= 11 is 0. The lowest BCUT2D eigenvalue weighted by molar-refractivity contribution is -0.150. The van der Waals surface area contributed by atoms with Crippen LogP contribution in [-0.2, 0) is 40.1 Å². The van der Waals surface area contributed by atoms with Crippen LogP contribution in [0.1, 0.15) is 15.9 Å². The molecule has 0 aliphatic rings. The first-order chi connectivity index (χ1) is 19.8. The fourth-order valence-corrected chi connectivity index (χ4v) is 3.25. The van der Waals surface area contributed by atoms with Crippen molar-refractivity contribution in [2.45, 2.75) is 6.61 Å². The molecule has 0 spiro atoms. The number of aliphatic carboxylic acids is 4. The Hall–Kier alpha value is -5.67. The van der Waals surface area contributed by atoms with Crippen molar-refractivity contribution in [3.63, 3.8) is 0 Å². The minimum atomic E-state index is -1.46. The number of amides is 2. The molecule has 16 heteroatoms. The number of esters is 1. The lowest BCUT2D eigenvalue weighted by atomic mass is 10.2. The quantitative estimate of drug-likeness (QED) is 0.175. The summed E-state index contributed by atoms with van der Waals surface area (Å²) in [5.74, 6) is -9.14. The Bertz CT molecular complexity index is 1230. The third kappa shape index (κ3) is 11.6. The standard InChI is InChI=1S/C26H26N2O14/c29-20(27(9-22(31)32)10-23(33)34)14-40-18-6-17(26(39)42-13-16-4-2-1-3-5-16)7-19(8-18)41-15-21(30)28(11-24(35)36)12-25(37)38/h1-8H,9-15H2,(H,31,32)(H,33,34)(H,35,36)(H,37,38). The van der Waals surface area contributed by atoms with Crippen LogP contribution in [0.2, 0.25) is 0 Å². The van der Waals surface area contributed by atoms with Crippen LogP contribution in [0.25, 0.3) is 0 Å². The second-order valence-corrected chi connectivity index (χ2v) is 8.41. The molecule has 16 nitrogen and oxygen atoms in total. The number of carbonyl (C=O) groups excluding carboxylic acids is 3. The average Bonchev–Trinajstić information content (AvgIpc) is 2.92. The van der Waals surface area contributed by atoms with Gasteiger partial charge in [-0.15, -0.1) is 0 Å². The molecule has 0 aliphatic heterocycles. The molecule has 0 saturated heterocycles. The summed E-state index contributed by atoms with van der Waals surface area (Å²) in [5, 5.41) is 35.8. The highest BCUT2D eigenvalue weighted by atomic mass is 16.5. The fraction of sp³-hybridized carbons (Fsp3) is 0.269. The number of carboxylic acid groups (broad SMARTS) is 4. The molecule has 2 aromatic carbocycles. The number of nitrogens with zero attached hydrogens (tertiary/aromatic N) is 2. The Kier molecular flexibility index (Phi) is 12.2. The van der Waals surface area contributed by atoms with E-state index in [0.29, 0.717) is 15.4 Å². The van der Waals surface area contributed by atoms with Gasteiger partial charge in [-0.3, -0.25) is 28.8 Å². The largest absolute Gasteiger partial charge is 0.484 e. The van der Waals surface area contributed by atoms with Crippen LogP contribution in [0.15, 0.2) is 48.5 Å². The van der Waals surface area contributed by atoms with Crippen molar-refractivity contribution in [1.29, 1.82) is 0 Å². The van der Waals surface area contributed by atoms with Crippen LogP contribution in [-0.4, -0.2) is 111 Å². The zero-order valence-electron chi connectivity index (χ0n) is 21.8. The molecule has 0 heterocycles. The third-order valence-corrected chi connectivity index (χ3v) is 5.06. The summed E-state index contributed by atoms with van der Waals surface area (Å²) in [6.07, 6.45) is 0. The molecule has 2 amide bonds. The van der Waals surface area contributed by atoms with Gasteiger partial charge in [0.05, 0.1) is 5.56 Å². The highest BCUT2D eigenvalue weighted by Crippen LogP contribution is 2.24. The van der Waals surface area contributed by atoms with Gasteiger partial charge in [0.2, 0.25) is 0 Å². The van der Waals surface area contributed by atoms with E-state index < -0.39 is 81.1 Å². The number of carboxylic acids is 4. The molecule has 0 saturated carbocycles. The van der Waals surface area contributed by atoms with E-state index in [2.05, 4.69) is 0 Å². The van der Waals surface area contributed by atoms with Crippen LogP contribution in [0, 0.1) is 0 Å². The first kappa shape index (κ1) is 32.5. The Balaban J connectivity index is 2.25. The molecule has 2 aromatic rings. The van der Waals surface area contributed by atoms with Gasteiger partial charge < -0.3 is 44.4 Å². The second kappa shape index (κ2) is 15.8. The van der Waals surface area contributed by atoms with Crippen LogP contribution in [0.5, 0.6) is 11.5 Å². The highest BCUT2D eigenvalue weighted by molar-refractivity contribution is 5.91. The molecule has 0 radical (unpaired) electrons. The third-order valence-electron chi connectivity index (χ3n) is 5.06. The van der Waals surface area contributed by atoms with Gasteiger partial charge in [-0.1, -0.05) is 30.3 Å². The van der Waals surface area contributed by atoms with Crippen molar-refractivity contribution < 1.29 is 68.2 Å². The summed E-state index contributed by atoms with van der Waals surface area (Å²) in [6, 6.07) is 12.1. The smallest absolute Gasteiger partial charge is 0.338 e. The molecule has 42 heavy (non-hydrogen) atoms. The first-order valence-corrected chi connectivity index (χ1v) is 11.9. The SMILES string of the molecule is O=C(O)CN(CC(=O)O)C(=O)COc1cc(OCC(=O)N(CC(=O)O)CC(=O)O)cc(C(=O)OCc2ccccc2)c1. The maximum absolute atomic E-state index is 12.8. The average molecular weight is 590 g/mol. The van der Waals surface area contributed by atoms with Crippen molar-refractivity contribution in [2.24, 2.45) is 0 Å². The Morgan fingerprint density at radius 3 is 1.38 bits per heavy atom. The lowest BCUT2D eigenvalue weighted by Crippen LogP contribution is -2.42. The van der Waals surface area contributed by atoms with E-state index in [9.17, 15) is 33.6 Å². The summed E-state index contributed by atoms with van der Waals surface area (Å²) in [5.41, 5.74) is 0.499. The molecule has 0 bridgehead atoms. The van der Waals surface area contributed by atoms with E-state index >= 15 is 0 Å². The van der Waals surface area contributed by atoms with E-state index in [-0.39, 0.29) is 23.7 Å². The lowest BCUT2D eigenvalue weighted by Gasteiger charge is -2.20. The molecule has 2 rings (SSSR count). The summed E-state index contributed by atoms with van der Waals surface area (Å²) in [6.45, 7) is -5.46. The first-order valence-electron chi connectivity index (χ1n) is 11.9. The predicted molar refractivity (Wildman–Crippen MR) is 137 cm³/mol. The molecule has 4 N–H and O–H groups in total. The van der Waals surface area contributed by atoms with E-state index in [0.717, 1.165) is 18.2 Å². The van der Waals surface area contributed by atoms with Gasteiger partial charge in [0.1, 0.15) is 44.3 Å². The van der Waals surface area contributed by atoms with Crippen molar-refractivity contribution in [1.82, 2.24) is 9.80 Å². The highest BCUT2D eigenvalue weighted by Gasteiger charge is 2.22. The zero-order valence-corrected chi connectivity index (χ0v) is 21.8. The Morgan fingerprint density at radius 2 is 1.00 bits per heavy atom. The molecule has 0 fully saturated rings. The van der Waals surface area contributed by atoms with Crippen LogP contribution in [0.4, 0.5) is 0 Å². The number of hydrogen-bond acceptors (Lipinski definition) is 10. The minimum absolute atomic E-state index is 0.114. The zero-order chi connectivity index (χ0) is 31.2. The van der Waals surface area contributed by atoms with Gasteiger partial charge in [0, 0.05) is 6.07 Å². The number of carbonyl (C=O) groups is 7. The maximum Gasteiger partial charge on any atom is 0.338 e. The van der Waals surface area contributed by atoms with Gasteiger partial charge in [-0.2, -0.15) is 0 Å². The molecule has 0 atom stereocenters. The normalized spacial score (nSPS) is 10.2. The van der Waals surface area contributed by atoms with E-state index in [1.807, 2.05) is 0 Å². The molecule has 0 aliphatic carbocycles. The molecule has 0 unspecified atom stereocenters. The van der Waals surface area contributed by atoms with Gasteiger partial charge in [-0.05, 0) is 17.7 Å². The van der Waals surface area contributed by atoms with Crippen LogP contribution in [0.3, 0.4) is 0 Å².